The summed E-state index contributed by atoms with van der Waals surface area (Å²) in [5, 5.41) is 16.2. The summed E-state index contributed by atoms with van der Waals surface area (Å²) in [6.45, 7) is 7.53. The summed E-state index contributed by atoms with van der Waals surface area (Å²) in [5.41, 5.74) is 15.3. The van der Waals surface area contributed by atoms with Crippen LogP contribution in [0.1, 0.15) is 71.4 Å². The smallest absolute Gasteiger partial charge is 0.236 e. The fraction of sp³-hybridized carbons (Fsp3) is 0.464. The first-order valence-corrected chi connectivity index (χ1v) is 14.8. The SMILES string of the molecule is Cc1sc2c(c1C)C(c1ccc(Cl)cc1)=N[C@@H](CC(=O)NCCCNC(=O)C(N)CCCCN)c1nnc(C)n1-2. The Balaban J connectivity index is 1.46. The molecule has 3 heterocycles. The monoisotopic (exact) mass is 584 g/mol. The molecule has 1 aliphatic heterocycles. The van der Waals surface area contributed by atoms with E-state index in [0.29, 0.717) is 43.3 Å². The lowest BCUT2D eigenvalue weighted by molar-refractivity contribution is -0.122. The third-order valence-corrected chi connectivity index (χ3v) is 8.46. The van der Waals surface area contributed by atoms with Gasteiger partial charge in [0.2, 0.25) is 11.8 Å². The predicted molar refractivity (Wildman–Crippen MR) is 159 cm³/mol. The molecule has 3 aromatic rings. The molecule has 10 nitrogen and oxygen atoms in total. The normalized spacial score (nSPS) is 15.1. The highest BCUT2D eigenvalue weighted by Crippen LogP contribution is 2.39. The van der Waals surface area contributed by atoms with E-state index in [1.54, 1.807) is 11.3 Å². The second-order valence-electron chi connectivity index (χ2n) is 9.99. The minimum absolute atomic E-state index is 0.112. The zero-order valence-corrected chi connectivity index (χ0v) is 24.7. The van der Waals surface area contributed by atoms with Crippen molar-refractivity contribution in [2.45, 2.75) is 65.0 Å². The van der Waals surface area contributed by atoms with Crippen LogP contribution in [-0.2, 0) is 9.59 Å². The van der Waals surface area contributed by atoms with Crippen molar-refractivity contribution < 1.29 is 9.59 Å². The van der Waals surface area contributed by atoms with Gasteiger partial charge in [-0.3, -0.25) is 19.1 Å². The molecule has 2 aromatic heterocycles. The highest BCUT2D eigenvalue weighted by molar-refractivity contribution is 7.15. The van der Waals surface area contributed by atoms with Gasteiger partial charge in [0.05, 0.1) is 18.2 Å². The zero-order valence-electron chi connectivity index (χ0n) is 23.2. The molecule has 6 N–H and O–H groups in total. The van der Waals surface area contributed by atoms with E-state index in [-0.39, 0.29) is 18.2 Å². The van der Waals surface area contributed by atoms with Crippen LogP contribution in [0, 0.1) is 20.8 Å². The fourth-order valence-electron chi connectivity index (χ4n) is 4.68. The molecule has 214 valence electrons. The Hall–Kier alpha value is -3.12. The quantitative estimate of drug-likeness (QED) is 0.240. The lowest BCUT2D eigenvalue weighted by Gasteiger charge is -2.14. The second-order valence-corrected chi connectivity index (χ2v) is 11.6. The van der Waals surface area contributed by atoms with Crippen molar-refractivity contribution in [1.82, 2.24) is 25.4 Å². The Kier molecular flexibility index (Phi) is 10.1. The van der Waals surface area contributed by atoms with Crippen LogP contribution in [0.15, 0.2) is 29.3 Å². The van der Waals surface area contributed by atoms with Gasteiger partial charge in [-0.15, -0.1) is 21.5 Å². The number of hydrogen-bond donors (Lipinski definition) is 4. The standard InChI is InChI=1S/C28H37ClN8O2S/c1-16-17(2)40-28-24(16)25(19-8-10-20(29)11-9-19)34-22(26-36-35-18(3)37(26)28)15-23(38)32-13-6-14-33-27(39)21(31)7-4-5-12-30/h8-11,21-22H,4-7,12-15,30-31H2,1-3H3,(H,32,38)(H,33,39)/t21?,22-/m0/s1. The molecule has 0 bridgehead atoms. The molecule has 2 atom stereocenters. The molecule has 1 aromatic carbocycles. The van der Waals surface area contributed by atoms with Gasteiger partial charge in [0, 0.05) is 34.1 Å². The van der Waals surface area contributed by atoms with E-state index in [1.807, 2.05) is 35.8 Å². The summed E-state index contributed by atoms with van der Waals surface area (Å²) in [7, 11) is 0. The number of carbonyl (C=O) groups is 2. The Morgan fingerprint density at radius 3 is 2.52 bits per heavy atom. The number of aliphatic imine (C=N–C) groups is 1. The summed E-state index contributed by atoms with van der Waals surface area (Å²) < 4.78 is 2.02. The summed E-state index contributed by atoms with van der Waals surface area (Å²) in [6, 6.07) is 6.52. The topological polar surface area (TPSA) is 153 Å². The first kappa shape index (κ1) is 29.9. The molecule has 0 fully saturated rings. The average molecular weight is 585 g/mol. The molecule has 0 aliphatic carbocycles. The van der Waals surface area contributed by atoms with Gasteiger partial charge in [-0.1, -0.05) is 30.2 Å². The number of aromatic nitrogens is 3. The zero-order chi connectivity index (χ0) is 28.8. The number of unbranched alkanes of at least 4 members (excludes halogenated alkanes) is 1. The largest absolute Gasteiger partial charge is 0.356 e. The van der Waals surface area contributed by atoms with E-state index >= 15 is 0 Å². The molecular formula is C28H37ClN8O2S. The van der Waals surface area contributed by atoms with Crippen molar-refractivity contribution in [3.8, 4) is 5.00 Å². The van der Waals surface area contributed by atoms with Crippen LogP contribution in [0.2, 0.25) is 5.02 Å². The molecule has 2 amide bonds. The van der Waals surface area contributed by atoms with Gasteiger partial charge in [0.25, 0.3) is 0 Å². The van der Waals surface area contributed by atoms with Crippen molar-refractivity contribution in [3.05, 3.63) is 62.5 Å². The van der Waals surface area contributed by atoms with E-state index in [2.05, 4.69) is 34.7 Å². The Labute approximate surface area is 243 Å². The first-order chi connectivity index (χ1) is 19.2. The van der Waals surface area contributed by atoms with Crippen LogP contribution in [0.25, 0.3) is 5.00 Å². The third-order valence-electron chi connectivity index (χ3n) is 7.02. The second kappa shape index (κ2) is 13.5. The average Bonchev–Trinajstić information content (AvgIpc) is 3.40. The summed E-state index contributed by atoms with van der Waals surface area (Å²) in [5.74, 6) is 1.04. The molecule has 0 saturated heterocycles. The van der Waals surface area contributed by atoms with Crippen LogP contribution in [-0.4, -0.2) is 58.0 Å². The Morgan fingerprint density at radius 1 is 1.07 bits per heavy atom. The van der Waals surface area contributed by atoms with E-state index in [4.69, 9.17) is 28.1 Å². The van der Waals surface area contributed by atoms with Gasteiger partial charge in [-0.25, -0.2) is 0 Å². The number of rotatable bonds is 12. The number of halogens is 1. The lowest BCUT2D eigenvalue weighted by Crippen LogP contribution is -2.41. The number of aryl methyl sites for hydroxylation is 2. The first-order valence-electron chi connectivity index (χ1n) is 13.6. The molecule has 4 rings (SSSR count). The van der Waals surface area contributed by atoms with E-state index in [9.17, 15) is 9.59 Å². The molecule has 40 heavy (non-hydrogen) atoms. The van der Waals surface area contributed by atoms with Gasteiger partial charge < -0.3 is 22.1 Å². The number of hydrogen-bond acceptors (Lipinski definition) is 8. The highest BCUT2D eigenvalue weighted by Gasteiger charge is 2.32. The van der Waals surface area contributed by atoms with E-state index in [1.165, 1.54) is 4.88 Å². The molecule has 1 unspecified atom stereocenters. The van der Waals surface area contributed by atoms with Crippen molar-refractivity contribution in [2.75, 3.05) is 19.6 Å². The van der Waals surface area contributed by atoms with Gasteiger partial charge in [-0.05, 0) is 64.3 Å². The van der Waals surface area contributed by atoms with Crippen LogP contribution in [0.3, 0.4) is 0 Å². The molecule has 0 radical (unpaired) electrons. The van der Waals surface area contributed by atoms with Crippen molar-refractivity contribution in [3.63, 3.8) is 0 Å². The molecular weight excluding hydrogens is 548 g/mol. The van der Waals surface area contributed by atoms with Gasteiger partial charge in [0.15, 0.2) is 5.82 Å². The maximum atomic E-state index is 13.0. The van der Waals surface area contributed by atoms with Crippen LogP contribution >= 0.6 is 22.9 Å². The number of nitrogens with zero attached hydrogens (tertiary/aromatic N) is 4. The number of benzene rings is 1. The van der Waals surface area contributed by atoms with Crippen LogP contribution in [0.4, 0.5) is 0 Å². The van der Waals surface area contributed by atoms with Crippen molar-refractivity contribution in [2.24, 2.45) is 16.5 Å². The predicted octanol–water partition coefficient (Wildman–Crippen LogP) is 3.27. The summed E-state index contributed by atoms with van der Waals surface area (Å²) >= 11 is 7.84. The highest BCUT2D eigenvalue weighted by atomic mass is 35.5. The van der Waals surface area contributed by atoms with E-state index < -0.39 is 12.1 Å². The molecule has 0 saturated carbocycles. The lowest BCUT2D eigenvalue weighted by atomic mass is 9.99. The van der Waals surface area contributed by atoms with Crippen molar-refractivity contribution in [1.29, 1.82) is 0 Å². The number of carbonyl (C=O) groups excluding carboxylic acids is 2. The van der Waals surface area contributed by atoms with Gasteiger partial charge in [-0.2, -0.15) is 0 Å². The molecule has 0 spiro atoms. The van der Waals surface area contributed by atoms with Crippen LogP contribution in [0.5, 0.6) is 0 Å². The van der Waals surface area contributed by atoms with Crippen LogP contribution < -0.4 is 22.1 Å². The Bertz CT molecular complexity index is 1380. The number of thiophene rings is 1. The maximum Gasteiger partial charge on any atom is 0.236 e. The van der Waals surface area contributed by atoms with Gasteiger partial charge >= 0.3 is 0 Å². The number of nitrogens with one attached hydrogen (secondary N) is 2. The number of nitrogens with two attached hydrogens (primary N) is 2. The Morgan fingerprint density at radius 2 is 1.80 bits per heavy atom. The summed E-state index contributed by atoms with van der Waals surface area (Å²) in [4.78, 5) is 31.5. The number of amides is 2. The summed E-state index contributed by atoms with van der Waals surface area (Å²) in [6.07, 6.45) is 2.98. The minimum atomic E-state index is -0.541. The molecule has 12 heteroatoms. The van der Waals surface area contributed by atoms with E-state index in [0.717, 1.165) is 46.1 Å². The maximum absolute atomic E-state index is 13.0. The van der Waals surface area contributed by atoms with Gasteiger partial charge in [0.1, 0.15) is 16.9 Å². The molecule has 1 aliphatic rings. The minimum Gasteiger partial charge on any atom is -0.356 e. The fourth-order valence-corrected chi connectivity index (χ4v) is 6.02. The number of fused-ring (bicyclic) bond motifs is 3. The van der Waals surface area contributed by atoms with Crippen molar-refractivity contribution >= 4 is 40.5 Å². The third kappa shape index (κ3) is 6.77.